The zero-order chi connectivity index (χ0) is 23.1. The molecule has 0 fully saturated rings. The van der Waals surface area contributed by atoms with E-state index in [1.807, 2.05) is 18.2 Å². The number of halogens is 1. The number of fused-ring (bicyclic) bond motifs is 2. The van der Waals surface area contributed by atoms with E-state index < -0.39 is 5.60 Å². The highest BCUT2D eigenvalue weighted by Gasteiger charge is 2.40. The number of phenols is 1. The standard InChI is InChI=1S/C28H32FNO2/c1-6-13-28(5,19-8-10-21(29)11-9-19)20-16-24(31)26-22-18-30(14-7-2)15-12-23(22)27(3,4)32-25(26)17-20/h2,8-11,16-17,31H,6,12-15,18H2,1,3-5H3. The molecule has 2 aliphatic heterocycles. The highest BCUT2D eigenvalue weighted by Crippen LogP contribution is 2.50. The van der Waals surface area contributed by atoms with Crippen molar-refractivity contribution >= 4 is 5.57 Å². The second-order valence-corrected chi connectivity index (χ2v) is 9.69. The molecule has 2 aliphatic rings. The number of hydrogen-bond acceptors (Lipinski definition) is 3. The van der Waals surface area contributed by atoms with E-state index in [4.69, 9.17) is 11.2 Å². The van der Waals surface area contributed by atoms with Crippen LogP contribution in [0.4, 0.5) is 4.39 Å². The molecule has 168 valence electrons. The lowest BCUT2D eigenvalue weighted by Gasteiger charge is -2.43. The number of terminal acetylenes is 1. The van der Waals surface area contributed by atoms with Crippen LogP contribution in [-0.4, -0.2) is 35.2 Å². The van der Waals surface area contributed by atoms with Crippen LogP contribution >= 0.6 is 0 Å². The van der Waals surface area contributed by atoms with Crippen LogP contribution < -0.4 is 4.74 Å². The van der Waals surface area contributed by atoms with Crippen LogP contribution in [0.15, 0.2) is 42.0 Å². The first kappa shape index (κ1) is 22.4. The lowest BCUT2D eigenvalue weighted by atomic mass is 9.72. The van der Waals surface area contributed by atoms with Crippen molar-refractivity contribution in [2.45, 2.75) is 58.0 Å². The summed E-state index contributed by atoms with van der Waals surface area (Å²) in [6.07, 6.45) is 8.25. The summed E-state index contributed by atoms with van der Waals surface area (Å²) in [5.74, 6) is 3.42. The van der Waals surface area contributed by atoms with Crippen molar-refractivity contribution in [1.82, 2.24) is 4.90 Å². The minimum Gasteiger partial charge on any atom is -0.507 e. The molecule has 3 nitrogen and oxygen atoms in total. The zero-order valence-corrected chi connectivity index (χ0v) is 19.5. The average Bonchev–Trinajstić information content (AvgIpc) is 2.73. The molecule has 2 aromatic carbocycles. The van der Waals surface area contributed by atoms with Crippen LogP contribution in [-0.2, 0) is 5.41 Å². The van der Waals surface area contributed by atoms with Crippen LogP contribution in [0.2, 0.25) is 0 Å². The Hall–Kier alpha value is -2.77. The van der Waals surface area contributed by atoms with Crippen molar-refractivity contribution < 1.29 is 14.2 Å². The van der Waals surface area contributed by atoms with Gasteiger partial charge in [0.15, 0.2) is 0 Å². The molecule has 0 amide bonds. The van der Waals surface area contributed by atoms with Crippen LogP contribution in [0.3, 0.4) is 0 Å². The van der Waals surface area contributed by atoms with E-state index in [2.05, 4.69) is 44.6 Å². The van der Waals surface area contributed by atoms with E-state index in [1.165, 1.54) is 17.7 Å². The Morgan fingerprint density at radius 2 is 1.94 bits per heavy atom. The lowest BCUT2D eigenvalue weighted by molar-refractivity contribution is 0.131. The summed E-state index contributed by atoms with van der Waals surface area (Å²) in [4.78, 5) is 2.23. The average molecular weight is 434 g/mol. The molecule has 0 aliphatic carbocycles. The topological polar surface area (TPSA) is 32.7 Å². The maximum absolute atomic E-state index is 13.6. The Kier molecular flexibility index (Phi) is 5.81. The van der Waals surface area contributed by atoms with Crippen molar-refractivity contribution in [3.63, 3.8) is 0 Å². The molecule has 0 saturated heterocycles. The molecular formula is C28H32FNO2. The van der Waals surface area contributed by atoms with E-state index in [-0.39, 0.29) is 17.0 Å². The third kappa shape index (κ3) is 3.80. The van der Waals surface area contributed by atoms with Crippen LogP contribution in [0.25, 0.3) is 5.57 Å². The third-order valence-electron chi connectivity index (χ3n) is 7.08. The fourth-order valence-corrected chi connectivity index (χ4v) is 5.39. The van der Waals surface area contributed by atoms with Gasteiger partial charge in [0.25, 0.3) is 0 Å². The first-order valence-electron chi connectivity index (χ1n) is 11.4. The number of rotatable bonds is 5. The van der Waals surface area contributed by atoms with Gasteiger partial charge in [-0.2, -0.15) is 0 Å². The van der Waals surface area contributed by atoms with Gasteiger partial charge in [-0.05, 0) is 73.2 Å². The molecule has 0 bridgehead atoms. The van der Waals surface area contributed by atoms with Crippen molar-refractivity contribution in [2.24, 2.45) is 0 Å². The Morgan fingerprint density at radius 1 is 1.22 bits per heavy atom. The monoisotopic (exact) mass is 433 g/mol. The highest BCUT2D eigenvalue weighted by molar-refractivity contribution is 5.82. The van der Waals surface area contributed by atoms with Gasteiger partial charge in [0.2, 0.25) is 0 Å². The summed E-state index contributed by atoms with van der Waals surface area (Å²) >= 11 is 0. The summed E-state index contributed by atoms with van der Waals surface area (Å²) in [5, 5.41) is 11.3. The zero-order valence-electron chi connectivity index (χ0n) is 19.5. The van der Waals surface area contributed by atoms with Gasteiger partial charge in [-0.1, -0.05) is 38.3 Å². The first-order valence-corrected chi connectivity index (χ1v) is 11.4. The number of hydrogen-bond donors (Lipinski definition) is 1. The maximum atomic E-state index is 13.6. The molecule has 0 saturated carbocycles. The molecule has 32 heavy (non-hydrogen) atoms. The normalized spacial score (nSPS) is 19.4. The molecule has 0 radical (unpaired) electrons. The fourth-order valence-electron chi connectivity index (χ4n) is 5.39. The molecule has 4 rings (SSSR count). The molecule has 4 heteroatoms. The second-order valence-electron chi connectivity index (χ2n) is 9.69. The number of aromatic hydroxyl groups is 1. The number of benzene rings is 2. The quantitative estimate of drug-likeness (QED) is 0.596. The smallest absolute Gasteiger partial charge is 0.132 e. The Morgan fingerprint density at radius 3 is 2.59 bits per heavy atom. The van der Waals surface area contributed by atoms with E-state index in [1.54, 1.807) is 0 Å². The summed E-state index contributed by atoms with van der Waals surface area (Å²) in [6, 6.07) is 10.6. The van der Waals surface area contributed by atoms with Gasteiger partial charge < -0.3 is 9.84 Å². The summed E-state index contributed by atoms with van der Waals surface area (Å²) < 4.78 is 20.1. The van der Waals surface area contributed by atoms with Crippen molar-refractivity contribution in [1.29, 1.82) is 0 Å². The van der Waals surface area contributed by atoms with Gasteiger partial charge in [-0.25, -0.2) is 4.39 Å². The van der Waals surface area contributed by atoms with Gasteiger partial charge in [0.05, 0.1) is 12.1 Å². The first-order chi connectivity index (χ1) is 15.2. The molecule has 1 unspecified atom stereocenters. The SMILES string of the molecule is C#CCN1CCC2=C(C1)c1c(O)cc(C(C)(CCC)c3ccc(F)cc3)cc1OC2(C)C. The Labute approximate surface area is 190 Å². The Balaban J connectivity index is 1.85. The van der Waals surface area contributed by atoms with Gasteiger partial charge in [-0.15, -0.1) is 6.42 Å². The fraction of sp³-hybridized carbons (Fsp3) is 0.429. The second kappa shape index (κ2) is 8.30. The van der Waals surface area contributed by atoms with Gasteiger partial charge in [-0.3, -0.25) is 4.90 Å². The molecule has 1 atom stereocenters. The maximum Gasteiger partial charge on any atom is 0.132 e. The predicted molar refractivity (Wildman–Crippen MR) is 127 cm³/mol. The minimum absolute atomic E-state index is 0.229. The van der Waals surface area contributed by atoms with Crippen molar-refractivity contribution in [3.8, 4) is 23.8 Å². The molecular weight excluding hydrogens is 401 g/mol. The van der Waals surface area contributed by atoms with E-state index in [0.29, 0.717) is 18.8 Å². The van der Waals surface area contributed by atoms with Crippen molar-refractivity contribution in [3.05, 3.63) is 64.5 Å². The van der Waals surface area contributed by atoms with E-state index >= 15 is 0 Å². The molecule has 2 heterocycles. The highest BCUT2D eigenvalue weighted by atomic mass is 19.1. The summed E-state index contributed by atoms with van der Waals surface area (Å²) in [6.45, 7) is 10.7. The number of ether oxygens (including phenoxy) is 1. The van der Waals surface area contributed by atoms with E-state index in [9.17, 15) is 9.50 Å². The molecule has 1 N–H and O–H groups in total. The molecule has 0 aromatic heterocycles. The van der Waals surface area contributed by atoms with Crippen LogP contribution in [0.5, 0.6) is 11.5 Å². The van der Waals surface area contributed by atoms with Gasteiger partial charge in [0.1, 0.15) is 22.9 Å². The number of phenolic OH excluding ortho intramolecular Hbond substituents is 1. The van der Waals surface area contributed by atoms with Gasteiger partial charge in [0, 0.05) is 18.5 Å². The molecule has 0 spiro atoms. The summed E-state index contributed by atoms with van der Waals surface area (Å²) in [7, 11) is 0. The summed E-state index contributed by atoms with van der Waals surface area (Å²) in [5.41, 5.74) is 4.30. The molecule has 2 aromatic rings. The predicted octanol–water partition coefficient (Wildman–Crippen LogP) is 5.90. The lowest BCUT2D eigenvalue weighted by Crippen LogP contribution is -2.42. The van der Waals surface area contributed by atoms with Crippen LogP contribution in [0, 0.1) is 18.2 Å². The Bertz CT molecular complexity index is 1090. The van der Waals surface area contributed by atoms with Crippen molar-refractivity contribution in [2.75, 3.05) is 19.6 Å². The van der Waals surface area contributed by atoms with Gasteiger partial charge >= 0.3 is 0 Å². The number of nitrogens with zero attached hydrogens (tertiary/aromatic N) is 1. The minimum atomic E-state index is -0.452. The van der Waals surface area contributed by atoms with E-state index in [0.717, 1.165) is 48.1 Å². The largest absolute Gasteiger partial charge is 0.507 e. The van der Waals surface area contributed by atoms with Crippen LogP contribution in [0.1, 0.15) is 63.6 Å². The third-order valence-corrected chi connectivity index (χ3v) is 7.08.